The highest BCUT2D eigenvalue weighted by molar-refractivity contribution is 7.92. The summed E-state index contributed by atoms with van der Waals surface area (Å²) in [5.41, 5.74) is 2.38. The van der Waals surface area contributed by atoms with E-state index in [4.69, 9.17) is 0 Å². The van der Waals surface area contributed by atoms with Crippen molar-refractivity contribution in [2.45, 2.75) is 6.18 Å². The average Bonchev–Trinajstić information content (AvgIpc) is 3.01. The first-order valence-electron chi connectivity index (χ1n) is 8.17. The molecule has 29 heavy (non-hydrogen) atoms. The molecule has 0 spiro atoms. The standard InChI is InChI=1S/C17H16F3N5O3S/c1-29(27,28)24-13-5-6-15-21-8-14(25(15)9-13)11-3-2-4-12(7-11)23-16(26)22-10-17(18,19)20/h2-9,24H,10H2,1H3,(H2,22,23,26). The maximum Gasteiger partial charge on any atom is 0.405 e. The molecule has 2 aromatic heterocycles. The van der Waals surface area contributed by atoms with Crippen molar-refractivity contribution in [1.29, 1.82) is 0 Å². The Morgan fingerprint density at radius 1 is 1.17 bits per heavy atom. The molecule has 3 aromatic rings. The van der Waals surface area contributed by atoms with E-state index >= 15 is 0 Å². The summed E-state index contributed by atoms with van der Waals surface area (Å²) in [4.78, 5) is 15.9. The fourth-order valence-electron chi connectivity index (χ4n) is 2.58. The molecule has 0 aliphatic carbocycles. The summed E-state index contributed by atoms with van der Waals surface area (Å²) in [5.74, 6) is 0. The Balaban J connectivity index is 1.85. The van der Waals surface area contributed by atoms with Gasteiger partial charge in [0.1, 0.15) is 12.2 Å². The lowest BCUT2D eigenvalue weighted by Gasteiger charge is -2.11. The van der Waals surface area contributed by atoms with E-state index in [1.807, 2.05) is 0 Å². The second-order valence-electron chi connectivity index (χ2n) is 6.17. The number of alkyl halides is 3. The molecule has 0 unspecified atom stereocenters. The minimum atomic E-state index is -4.51. The molecule has 0 aliphatic rings. The van der Waals surface area contributed by atoms with Crippen molar-refractivity contribution in [1.82, 2.24) is 14.7 Å². The quantitative estimate of drug-likeness (QED) is 0.582. The molecule has 0 aliphatic heterocycles. The molecular weight excluding hydrogens is 411 g/mol. The largest absolute Gasteiger partial charge is 0.405 e. The van der Waals surface area contributed by atoms with Crippen LogP contribution in [0.3, 0.4) is 0 Å². The molecule has 3 N–H and O–H groups in total. The third kappa shape index (κ3) is 5.60. The number of pyridine rings is 1. The summed E-state index contributed by atoms with van der Waals surface area (Å²) in [7, 11) is -3.46. The number of imidazole rings is 1. The molecule has 2 heterocycles. The van der Waals surface area contributed by atoms with Gasteiger partial charge >= 0.3 is 12.2 Å². The van der Waals surface area contributed by atoms with Crippen LogP contribution in [0.1, 0.15) is 0 Å². The molecule has 12 heteroatoms. The Bertz CT molecular complexity index is 1160. The number of nitrogens with one attached hydrogen (secondary N) is 3. The van der Waals surface area contributed by atoms with Gasteiger partial charge < -0.3 is 10.6 Å². The number of fused-ring (bicyclic) bond motifs is 1. The van der Waals surface area contributed by atoms with Crippen molar-refractivity contribution in [2.24, 2.45) is 0 Å². The van der Waals surface area contributed by atoms with Gasteiger partial charge in [-0.2, -0.15) is 13.2 Å². The van der Waals surface area contributed by atoms with Crippen LogP contribution in [0.25, 0.3) is 16.9 Å². The summed E-state index contributed by atoms with van der Waals surface area (Å²) >= 11 is 0. The highest BCUT2D eigenvalue weighted by atomic mass is 32.2. The van der Waals surface area contributed by atoms with E-state index in [-0.39, 0.29) is 5.69 Å². The number of sulfonamides is 1. The monoisotopic (exact) mass is 427 g/mol. The van der Waals surface area contributed by atoms with Crippen LogP contribution in [-0.4, -0.2) is 42.8 Å². The lowest BCUT2D eigenvalue weighted by atomic mass is 10.1. The van der Waals surface area contributed by atoms with Crippen LogP contribution in [-0.2, 0) is 10.0 Å². The van der Waals surface area contributed by atoms with Crippen molar-refractivity contribution in [3.8, 4) is 11.3 Å². The Hall–Kier alpha value is -3.28. The van der Waals surface area contributed by atoms with Crippen LogP contribution in [0.4, 0.5) is 29.3 Å². The number of nitrogens with zero attached hydrogens (tertiary/aromatic N) is 2. The smallest absolute Gasteiger partial charge is 0.329 e. The molecule has 154 valence electrons. The highest BCUT2D eigenvalue weighted by Crippen LogP contribution is 2.25. The molecule has 0 radical (unpaired) electrons. The predicted octanol–water partition coefficient (Wildman–Crippen LogP) is 3.06. The number of hydrogen-bond acceptors (Lipinski definition) is 4. The third-order valence-electron chi connectivity index (χ3n) is 3.67. The van der Waals surface area contributed by atoms with E-state index in [1.54, 1.807) is 52.4 Å². The first-order chi connectivity index (χ1) is 13.5. The van der Waals surface area contributed by atoms with Crippen molar-refractivity contribution >= 4 is 33.1 Å². The Morgan fingerprint density at radius 3 is 2.62 bits per heavy atom. The number of carbonyl (C=O) groups excluding carboxylic acids is 1. The second kappa shape index (κ2) is 7.62. The maximum absolute atomic E-state index is 12.2. The van der Waals surface area contributed by atoms with Gasteiger partial charge in [-0.3, -0.25) is 9.12 Å². The lowest BCUT2D eigenvalue weighted by Crippen LogP contribution is -2.36. The van der Waals surface area contributed by atoms with E-state index in [0.29, 0.717) is 22.6 Å². The minimum Gasteiger partial charge on any atom is -0.329 e. The number of hydrogen-bond donors (Lipinski definition) is 3. The topological polar surface area (TPSA) is 105 Å². The van der Waals surface area contributed by atoms with Crippen LogP contribution < -0.4 is 15.4 Å². The zero-order chi connectivity index (χ0) is 21.2. The van der Waals surface area contributed by atoms with Crippen molar-refractivity contribution in [3.05, 3.63) is 48.8 Å². The normalized spacial score (nSPS) is 12.0. The zero-order valence-electron chi connectivity index (χ0n) is 15.0. The molecule has 0 bridgehead atoms. The van der Waals surface area contributed by atoms with E-state index in [0.717, 1.165) is 6.26 Å². The molecule has 0 fully saturated rings. The molecule has 3 rings (SSSR count). The number of benzene rings is 1. The highest BCUT2D eigenvalue weighted by Gasteiger charge is 2.27. The maximum atomic E-state index is 12.2. The second-order valence-corrected chi connectivity index (χ2v) is 7.92. The van der Waals surface area contributed by atoms with Gasteiger partial charge in [0.2, 0.25) is 10.0 Å². The predicted molar refractivity (Wildman–Crippen MR) is 102 cm³/mol. The zero-order valence-corrected chi connectivity index (χ0v) is 15.8. The van der Waals surface area contributed by atoms with Gasteiger partial charge in [0.05, 0.1) is 23.8 Å². The first kappa shape index (κ1) is 20.5. The van der Waals surface area contributed by atoms with Gasteiger partial charge in [-0.15, -0.1) is 0 Å². The van der Waals surface area contributed by atoms with Gasteiger partial charge in [-0.1, -0.05) is 12.1 Å². The number of rotatable bonds is 5. The summed E-state index contributed by atoms with van der Waals surface area (Å²) in [6.45, 7) is -1.44. The molecular formula is C17H16F3N5O3S. The Morgan fingerprint density at radius 2 is 1.93 bits per heavy atom. The number of anilines is 2. The number of amides is 2. The van der Waals surface area contributed by atoms with Crippen LogP contribution in [0.5, 0.6) is 0 Å². The van der Waals surface area contributed by atoms with E-state index in [9.17, 15) is 26.4 Å². The van der Waals surface area contributed by atoms with Crippen molar-refractivity contribution < 1.29 is 26.4 Å². The van der Waals surface area contributed by atoms with Crippen LogP contribution >= 0.6 is 0 Å². The fraction of sp³-hybridized carbons (Fsp3) is 0.176. The number of aromatic nitrogens is 2. The Labute approximate surface area is 163 Å². The fourth-order valence-corrected chi connectivity index (χ4v) is 3.13. The molecule has 1 aromatic carbocycles. The van der Waals surface area contributed by atoms with Gasteiger partial charge in [-0.05, 0) is 24.3 Å². The summed E-state index contributed by atoms with van der Waals surface area (Å²) in [6, 6.07) is 8.63. The minimum absolute atomic E-state index is 0.280. The number of carbonyl (C=O) groups is 1. The van der Waals surface area contributed by atoms with Crippen LogP contribution in [0.2, 0.25) is 0 Å². The van der Waals surface area contributed by atoms with Crippen molar-refractivity contribution in [2.75, 3.05) is 22.8 Å². The molecule has 2 amide bonds. The lowest BCUT2D eigenvalue weighted by molar-refractivity contribution is -0.122. The van der Waals surface area contributed by atoms with E-state index < -0.39 is 28.8 Å². The molecule has 0 saturated heterocycles. The third-order valence-corrected chi connectivity index (χ3v) is 4.28. The molecule has 0 saturated carbocycles. The number of urea groups is 1. The first-order valence-corrected chi connectivity index (χ1v) is 10.1. The van der Waals surface area contributed by atoms with Crippen molar-refractivity contribution in [3.63, 3.8) is 0 Å². The Kier molecular flexibility index (Phi) is 5.38. The average molecular weight is 427 g/mol. The van der Waals surface area contributed by atoms with E-state index in [2.05, 4.69) is 15.0 Å². The van der Waals surface area contributed by atoms with Gasteiger partial charge in [0.25, 0.3) is 0 Å². The summed E-state index contributed by atoms with van der Waals surface area (Å²) < 4.78 is 63.5. The van der Waals surface area contributed by atoms with Crippen LogP contribution in [0.15, 0.2) is 48.8 Å². The summed E-state index contributed by atoms with van der Waals surface area (Å²) in [5, 5.41) is 4.06. The van der Waals surface area contributed by atoms with E-state index in [1.165, 1.54) is 6.07 Å². The summed E-state index contributed by atoms with van der Waals surface area (Å²) in [6.07, 6.45) is -0.365. The van der Waals surface area contributed by atoms with Gasteiger partial charge in [-0.25, -0.2) is 18.2 Å². The molecule has 8 nitrogen and oxygen atoms in total. The van der Waals surface area contributed by atoms with Gasteiger partial charge in [0, 0.05) is 17.4 Å². The molecule has 0 atom stereocenters. The SMILES string of the molecule is CS(=O)(=O)Nc1ccc2ncc(-c3cccc(NC(=O)NCC(F)(F)F)c3)n2c1. The number of halogens is 3. The van der Waals surface area contributed by atoms with Crippen LogP contribution in [0, 0.1) is 0 Å². The van der Waals surface area contributed by atoms with Gasteiger partial charge in [0.15, 0.2) is 0 Å².